The lowest BCUT2D eigenvalue weighted by atomic mass is 10.2. The molecule has 0 aliphatic carbocycles. The number of aliphatic hydroxyl groups excluding tert-OH is 2. The summed E-state index contributed by atoms with van der Waals surface area (Å²) in [6.07, 6.45) is -0.973. The molecule has 0 aromatic heterocycles. The van der Waals surface area contributed by atoms with Crippen LogP contribution in [0.2, 0.25) is 5.02 Å². The molecule has 1 atom stereocenters. The Kier molecular flexibility index (Phi) is 5.97. The number of benzene rings is 2. The molecule has 0 saturated heterocycles. The van der Waals surface area contributed by atoms with Crippen LogP contribution in [0.4, 0.5) is 11.4 Å². The Labute approximate surface area is 143 Å². The van der Waals surface area contributed by atoms with Crippen LogP contribution in [0.5, 0.6) is 11.5 Å². The number of aryl methyl sites for hydroxylation is 1. The van der Waals surface area contributed by atoms with Crippen LogP contribution in [0, 0.1) is 17.0 Å². The first-order valence-electron chi connectivity index (χ1n) is 7.16. The summed E-state index contributed by atoms with van der Waals surface area (Å²) in [5.74, 6) is 0.655. The summed E-state index contributed by atoms with van der Waals surface area (Å²) in [4.78, 5) is 10.6. The fraction of sp³-hybridized carbons (Fsp3) is 0.250. The molecule has 3 N–H and O–H groups in total. The number of nitrogens with zero attached hydrogens (tertiary/aromatic N) is 1. The van der Waals surface area contributed by atoms with Gasteiger partial charge in [0, 0.05) is 24.4 Å². The molecule has 1 unspecified atom stereocenters. The average Bonchev–Trinajstić information content (AvgIpc) is 2.56. The molecule has 0 aliphatic rings. The number of aliphatic hydroxyl groups is 2. The number of para-hydroxylation sites is 1. The van der Waals surface area contributed by atoms with Gasteiger partial charge in [0.25, 0.3) is 5.69 Å². The molecule has 0 amide bonds. The summed E-state index contributed by atoms with van der Waals surface area (Å²) < 4.78 is 5.72. The van der Waals surface area contributed by atoms with E-state index in [0.29, 0.717) is 16.5 Å². The molecule has 2 aromatic carbocycles. The van der Waals surface area contributed by atoms with E-state index in [1.807, 2.05) is 13.0 Å². The number of nitro benzene ring substituents is 1. The molecule has 2 aromatic rings. The van der Waals surface area contributed by atoms with Crippen LogP contribution < -0.4 is 10.1 Å². The van der Waals surface area contributed by atoms with Crippen molar-refractivity contribution in [2.45, 2.75) is 13.0 Å². The molecule has 24 heavy (non-hydrogen) atoms. The lowest BCUT2D eigenvalue weighted by Gasteiger charge is -2.13. The highest BCUT2D eigenvalue weighted by atomic mass is 35.5. The van der Waals surface area contributed by atoms with Crippen molar-refractivity contribution in [2.24, 2.45) is 0 Å². The lowest BCUT2D eigenvalue weighted by Crippen LogP contribution is -2.22. The average molecular weight is 353 g/mol. The summed E-state index contributed by atoms with van der Waals surface area (Å²) in [6.45, 7) is 1.45. The van der Waals surface area contributed by atoms with E-state index in [4.69, 9.17) is 21.4 Å². The van der Waals surface area contributed by atoms with Crippen LogP contribution in [-0.4, -0.2) is 34.4 Å². The zero-order valence-corrected chi connectivity index (χ0v) is 13.7. The molecule has 0 fully saturated rings. The highest BCUT2D eigenvalue weighted by molar-refractivity contribution is 6.32. The van der Waals surface area contributed by atoms with E-state index in [-0.39, 0.29) is 18.0 Å². The largest absolute Gasteiger partial charge is 0.455 e. The maximum absolute atomic E-state index is 11.1. The Balaban J connectivity index is 2.31. The zero-order valence-electron chi connectivity index (χ0n) is 12.9. The number of halogens is 1. The lowest BCUT2D eigenvalue weighted by molar-refractivity contribution is -0.384. The number of nitrogens with one attached hydrogen (secondary N) is 1. The summed E-state index contributed by atoms with van der Waals surface area (Å²) in [7, 11) is 0. The van der Waals surface area contributed by atoms with Crippen LogP contribution in [0.1, 0.15) is 5.56 Å². The number of nitro groups is 1. The van der Waals surface area contributed by atoms with Gasteiger partial charge in [0.15, 0.2) is 0 Å². The minimum Gasteiger partial charge on any atom is -0.455 e. The van der Waals surface area contributed by atoms with E-state index in [1.54, 1.807) is 18.2 Å². The number of hydrogen-bond acceptors (Lipinski definition) is 6. The second-order valence-corrected chi connectivity index (χ2v) is 5.59. The molecule has 8 heteroatoms. The Bertz CT molecular complexity index is 718. The molecule has 0 bridgehead atoms. The predicted octanol–water partition coefficient (Wildman–Crippen LogP) is 3.11. The first-order chi connectivity index (χ1) is 11.4. The number of hydrogen-bond donors (Lipinski definition) is 3. The van der Waals surface area contributed by atoms with Crippen molar-refractivity contribution >= 4 is 23.0 Å². The molecule has 0 heterocycles. The van der Waals surface area contributed by atoms with Gasteiger partial charge in [-0.3, -0.25) is 10.1 Å². The fourth-order valence-electron chi connectivity index (χ4n) is 2.01. The smallest absolute Gasteiger partial charge is 0.275 e. The topological polar surface area (TPSA) is 105 Å². The highest BCUT2D eigenvalue weighted by Crippen LogP contribution is 2.35. The van der Waals surface area contributed by atoms with Crippen LogP contribution in [0.15, 0.2) is 36.4 Å². The Morgan fingerprint density at radius 3 is 2.75 bits per heavy atom. The van der Waals surface area contributed by atoms with Gasteiger partial charge in [-0.15, -0.1) is 0 Å². The van der Waals surface area contributed by atoms with E-state index >= 15 is 0 Å². The van der Waals surface area contributed by atoms with Crippen LogP contribution in [0.3, 0.4) is 0 Å². The number of ether oxygens (including phenoxy) is 1. The maximum atomic E-state index is 11.1. The first-order valence-corrected chi connectivity index (χ1v) is 7.53. The van der Waals surface area contributed by atoms with Gasteiger partial charge in [0.2, 0.25) is 0 Å². The standard InChI is InChI=1S/C16H17ClN2O5/c1-10-3-2-4-15(17)16(10)24-14-6-11(18-8-13(21)9-20)5-12(7-14)19(22)23/h2-7,13,18,20-21H,8-9H2,1H3. The van der Waals surface area contributed by atoms with Gasteiger partial charge in [-0.2, -0.15) is 0 Å². The maximum Gasteiger partial charge on any atom is 0.275 e. The van der Waals surface area contributed by atoms with Crippen LogP contribution >= 0.6 is 11.6 Å². The van der Waals surface area contributed by atoms with Crippen molar-refractivity contribution in [1.29, 1.82) is 0 Å². The summed E-state index contributed by atoms with van der Waals surface area (Å²) >= 11 is 6.11. The monoisotopic (exact) mass is 352 g/mol. The van der Waals surface area contributed by atoms with Gasteiger partial charge in [-0.1, -0.05) is 23.7 Å². The number of anilines is 1. The van der Waals surface area contributed by atoms with Crippen molar-refractivity contribution in [2.75, 3.05) is 18.5 Å². The second-order valence-electron chi connectivity index (χ2n) is 5.18. The Hall–Kier alpha value is -2.35. The minimum atomic E-state index is -0.973. The third-order valence-corrected chi connectivity index (χ3v) is 3.54. The SMILES string of the molecule is Cc1cccc(Cl)c1Oc1cc(NCC(O)CO)cc([N+](=O)[O-])c1. The normalized spacial score (nSPS) is 11.8. The first kappa shape index (κ1) is 18.0. The fourth-order valence-corrected chi connectivity index (χ4v) is 2.27. The molecule has 0 saturated carbocycles. The zero-order chi connectivity index (χ0) is 17.7. The van der Waals surface area contributed by atoms with Gasteiger partial charge in [-0.05, 0) is 18.6 Å². The number of rotatable bonds is 7. The summed E-state index contributed by atoms with van der Waals surface area (Å²) in [6, 6.07) is 9.42. The van der Waals surface area contributed by atoms with Gasteiger partial charge in [0.05, 0.1) is 28.7 Å². The highest BCUT2D eigenvalue weighted by Gasteiger charge is 2.14. The Morgan fingerprint density at radius 2 is 2.12 bits per heavy atom. The molecule has 2 rings (SSSR count). The summed E-state index contributed by atoms with van der Waals surface area (Å²) in [5.41, 5.74) is 1.01. The molecular formula is C16H17ClN2O5. The molecule has 0 aliphatic heterocycles. The molecule has 7 nitrogen and oxygen atoms in total. The van der Waals surface area contributed by atoms with Gasteiger partial charge < -0.3 is 20.3 Å². The van der Waals surface area contributed by atoms with E-state index in [2.05, 4.69) is 5.32 Å². The Morgan fingerprint density at radius 1 is 1.38 bits per heavy atom. The van der Waals surface area contributed by atoms with E-state index in [9.17, 15) is 15.2 Å². The molecule has 0 spiro atoms. The van der Waals surface area contributed by atoms with Crippen molar-refractivity contribution < 1.29 is 19.9 Å². The van der Waals surface area contributed by atoms with E-state index in [1.165, 1.54) is 12.1 Å². The van der Waals surface area contributed by atoms with Crippen LogP contribution in [-0.2, 0) is 0 Å². The van der Waals surface area contributed by atoms with Gasteiger partial charge in [0.1, 0.15) is 11.5 Å². The second kappa shape index (κ2) is 7.96. The predicted molar refractivity (Wildman–Crippen MR) is 90.9 cm³/mol. The van der Waals surface area contributed by atoms with E-state index < -0.39 is 17.6 Å². The molecule has 128 valence electrons. The minimum absolute atomic E-state index is 0.0439. The quantitative estimate of drug-likeness (QED) is 0.522. The third-order valence-electron chi connectivity index (χ3n) is 3.24. The van der Waals surface area contributed by atoms with Crippen molar-refractivity contribution in [3.8, 4) is 11.5 Å². The van der Waals surface area contributed by atoms with Crippen molar-refractivity contribution in [3.63, 3.8) is 0 Å². The molecular weight excluding hydrogens is 336 g/mol. The molecule has 0 radical (unpaired) electrons. The van der Waals surface area contributed by atoms with Crippen molar-refractivity contribution in [1.82, 2.24) is 0 Å². The number of non-ortho nitro benzene ring substituents is 1. The summed E-state index contributed by atoms with van der Waals surface area (Å²) in [5, 5.41) is 32.5. The van der Waals surface area contributed by atoms with Crippen LogP contribution in [0.25, 0.3) is 0 Å². The third kappa shape index (κ3) is 4.58. The van der Waals surface area contributed by atoms with E-state index in [0.717, 1.165) is 5.56 Å². The van der Waals surface area contributed by atoms with Gasteiger partial charge >= 0.3 is 0 Å². The van der Waals surface area contributed by atoms with Crippen molar-refractivity contribution in [3.05, 3.63) is 57.1 Å². The van der Waals surface area contributed by atoms with Gasteiger partial charge in [-0.25, -0.2) is 0 Å².